The Labute approximate surface area is 183 Å². The summed E-state index contributed by atoms with van der Waals surface area (Å²) in [4.78, 5) is 15.2. The third kappa shape index (κ3) is 2.95. The number of allylic oxidation sites excluding steroid dienone is 2. The average Bonchev–Trinajstić information content (AvgIpc) is 3.14. The van der Waals surface area contributed by atoms with E-state index in [9.17, 15) is 13.6 Å². The zero-order valence-electron chi connectivity index (χ0n) is 17.4. The van der Waals surface area contributed by atoms with Crippen LogP contribution in [0.3, 0.4) is 0 Å². The largest absolute Gasteiger partial charge is 0.351 e. The molecular weight excluding hydrogens is 410 g/mol. The SMILES string of the molecule is Cc1nn2c(c1-c1ccc(F)cc1F)N(C)C1C=C(c3ccc(C#N)cc3)C=CC1C2=O. The molecule has 3 aromatic rings. The Balaban J connectivity index is 1.62. The maximum absolute atomic E-state index is 14.6. The fraction of sp³-hybridized carbons (Fsp3) is 0.160. The molecule has 1 aliphatic carbocycles. The van der Waals surface area contributed by atoms with Crippen molar-refractivity contribution in [3.63, 3.8) is 0 Å². The lowest BCUT2D eigenvalue weighted by Crippen LogP contribution is -2.48. The zero-order valence-corrected chi connectivity index (χ0v) is 17.4. The predicted molar refractivity (Wildman–Crippen MR) is 117 cm³/mol. The van der Waals surface area contributed by atoms with Gasteiger partial charge in [-0.05, 0) is 42.3 Å². The first-order chi connectivity index (χ1) is 15.4. The normalized spacial score (nSPS) is 19.3. The molecule has 1 aliphatic heterocycles. The van der Waals surface area contributed by atoms with Crippen LogP contribution in [0, 0.1) is 35.8 Å². The van der Waals surface area contributed by atoms with Crippen molar-refractivity contribution in [2.45, 2.75) is 13.0 Å². The second kappa shape index (κ2) is 7.27. The van der Waals surface area contributed by atoms with Crippen molar-refractivity contribution in [3.8, 4) is 17.2 Å². The van der Waals surface area contributed by atoms with Crippen molar-refractivity contribution in [1.29, 1.82) is 5.26 Å². The second-order valence-corrected chi connectivity index (χ2v) is 7.96. The number of aryl methyl sites for hydroxylation is 1. The molecule has 2 aromatic carbocycles. The van der Waals surface area contributed by atoms with E-state index in [1.165, 1.54) is 16.8 Å². The smallest absolute Gasteiger partial charge is 0.258 e. The first kappa shape index (κ1) is 19.9. The first-order valence-electron chi connectivity index (χ1n) is 10.1. The number of benzene rings is 2. The molecule has 2 atom stereocenters. The minimum atomic E-state index is -0.704. The standard InChI is InChI=1S/C25H18F2N4O/c1-14-23(19-10-8-18(26)12-21(19)27)24-30(2)22-11-17(16-5-3-15(13-28)4-6-16)7-9-20(22)25(32)31(24)29-14/h3-12,20,22H,1-2H3. The van der Waals surface area contributed by atoms with E-state index in [2.05, 4.69) is 11.2 Å². The van der Waals surface area contributed by atoms with Crippen LogP contribution in [-0.4, -0.2) is 28.8 Å². The molecule has 0 saturated heterocycles. The summed E-state index contributed by atoms with van der Waals surface area (Å²) in [7, 11) is 1.84. The van der Waals surface area contributed by atoms with Crippen LogP contribution >= 0.6 is 0 Å². The number of likely N-dealkylation sites (N-methyl/N-ethyl adjacent to an activating group) is 1. The fourth-order valence-corrected chi connectivity index (χ4v) is 4.46. The quantitative estimate of drug-likeness (QED) is 0.592. The predicted octanol–water partition coefficient (Wildman–Crippen LogP) is 4.74. The lowest BCUT2D eigenvalue weighted by molar-refractivity contribution is 0.0821. The molecular formula is C25H18F2N4O. The number of rotatable bonds is 2. The summed E-state index contributed by atoms with van der Waals surface area (Å²) in [5.74, 6) is -1.54. The van der Waals surface area contributed by atoms with Crippen molar-refractivity contribution in [2.24, 2.45) is 5.92 Å². The van der Waals surface area contributed by atoms with Crippen LogP contribution in [0.15, 0.2) is 60.7 Å². The minimum Gasteiger partial charge on any atom is -0.351 e. The van der Waals surface area contributed by atoms with Gasteiger partial charge in [0, 0.05) is 18.7 Å². The summed E-state index contributed by atoms with van der Waals surface area (Å²) in [5, 5.41) is 13.4. The second-order valence-electron chi connectivity index (χ2n) is 7.96. The fourth-order valence-electron chi connectivity index (χ4n) is 4.46. The molecule has 0 fully saturated rings. The van der Waals surface area contributed by atoms with Crippen LogP contribution in [0.25, 0.3) is 16.7 Å². The number of aromatic nitrogens is 2. The van der Waals surface area contributed by atoms with Gasteiger partial charge in [-0.15, -0.1) is 0 Å². The minimum absolute atomic E-state index is 0.200. The van der Waals surface area contributed by atoms with E-state index in [4.69, 9.17) is 5.26 Å². The zero-order chi connectivity index (χ0) is 22.6. The van der Waals surface area contributed by atoms with Crippen molar-refractivity contribution < 1.29 is 13.6 Å². The Morgan fingerprint density at radius 3 is 2.56 bits per heavy atom. The number of nitrogens with zero attached hydrogens (tertiary/aromatic N) is 4. The molecule has 1 aromatic heterocycles. The van der Waals surface area contributed by atoms with Crippen molar-refractivity contribution in [2.75, 3.05) is 11.9 Å². The molecule has 158 valence electrons. The first-order valence-corrected chi connectivity index (χ1v) is 10.1. The van der Waals surface area contributed by atoms with Crippen LogP contribution in [0.2, 0.25) is 0 Å². The highest BCUT2D eigenvalue weighted by Crippen LogP contribution is 2.42. The van der Waals surface area contributed by atoms with Gasteiger partial charge in [0.2, 0.25) is 0 Å². The summed E-state index contributed by atoms with van der Waals surface area (Å²) >= 11 is 0. The molecule has 2 heterocycles. The van der Waals surface area contributed by atoms with E-state index in [0.717, 1.165) is 17.2 Å². The van der Waals surface area contributed by atoms with Gasteiger partial charge < -0.3 is 4.90 Å². The van der Waals surface area contributed by atoms with Gasteiger partial charge in [-0.1, -0.05) is 30.4 Å². The van der Waals surface area contributed by atoms with Gasteiger partial charge in [-0.3, -0.25) is 4.79 Å². The molecule has 5 rings (SSSR count). The number of hydrogen-bond acceptors (Lipinski definition) is 4. The molecule has 0 N–H and O–H groups in total. The third-order valence-electron chi connectivity index (χ3n) is 6.06. The molecule has 32 heavy (non-hydrogen) atoms. The van der Waals surface area contributed by atoms with Gasteiger partial charge >= 0.3 is 0 Å². The molecule has 0 spiro atoms. The summed E-state index contributed by atoms with van der Waals surface area (Å²) in [6.07, 6.45) is 5.76. The maximum Gasteiger partial charge on any atom is 0.258 e. The lowest BCUT2D eigenvalue weighted by Gasteiger charge is -2.39. The Morgan fingerprint density at radius 2 is 1.88 bits per heavy atom. The highest BCUT2D eigenvalue weighted by Gasteiger charge is 2.41. The van der Waals surface area contributed by atoms with E-state index in [1.807, 2.05) is 42.3 Å². The number of hydrogen-bond donors (Lipinski definition) is 0. The van der Waals surface area contributed by atoms with Gasteiger partial charge in [0.05, 0.1) is 34.8 Å². The van der Waals surface area contributed by atoms with E-state index < -0.39 is 17.6 Å². The number of carbonyl (C=O) groups is 1. The van der Waals surface area contributed by atoms with Crippen molar-refractivity contribution in [1.82, 2.24) is 9.78 Å². The number of fused-ring (bicyclic) bond motifs is 2. The highest BCUT2D eigenvalue weighted by molar-refractivity contribution is 5.96. The number of carbonyl (C=O) groups excluding carboxylic acids is 1. The van der Waals surface area contributed by atoms with Crippen molar-refractivity contribution >= 4 is 17.3 Å². The summed E-state index contributed by atoms with van der Waals surface area (Å²) in [6.45, 7) is 1.71. The summed E-state index contributed by atoms with van der Waals surface area (Å²) in [5.41, 5.74) is 3.59. The molecule has 2 aliphatic rings. The molecule has 0 bridgehead atoms. The molecule has 7 heteroatoms. The molecule has 0 saturated carbocycles. The van der Waals surface area contributed by atoms with Gasteiger partial charge in [0.15, 0.2) is 0 Å². The number of anilines is 1. The van der Waals surface area contributed by atoms with Crippen LogP contribution in [0.1, 0.15) is 21.6 Å². The number of halogens is 2. The Hall–Kier alpha value is -4.05. The maximum atomic E-state index is 14.6. The summed E-state index contributed by atoms with van der Waals surface area (Å²) in [6, 6.07) is 12.4. The summed E-state index contributed by atoms with van der Waals surface area (Å²) < 4.78 is 29.4. The average molecular weight is 428 g/mol. The van der Waals surface area contributed by atoms with Crippen molar-refractivity contribution in [3.05, 3.63) is 89.1 Å². The molecule has 5 nitrogen and oxygen atoms in total. The van der Waals surface area contributed by atoms with E-state index >= 15 is 0 Å². The molecule has 0 amide bonds. The third-order valence-corrected chi connectivity index (χ3v) is 6.06. The van der Waals surface area contributed by atoms with Gasteiger partial charge in [-0.25, -0.2) is 8.78 Å². The van der Waals surface area contributed by atoms with Crippen LogP contribution in [0.4, 0.5) is 14.6 Å². The Bertz CT molecular complexity index is 1360. The van der Waals surface area contributed by atoms with Crippen LogP contribution in [0.5, 0.6) is 0 Å². The van der Waals surface area contributed by atoms with E-state index in [-0.39, 0.29) is 17.5 Å². The van der Waals surface area contributed by atoms with E-state index in [1.54, 1.807) is 19.1 Å². The Morgan fingerprint density at radius 1 is 1.12 bits per heavy atom. The molecule has 0 radical (unpaired) electrons. The number of nitriles is 1. The lowest BCUT2D eigenvalue weighted by atomic mass is 9.86. The van der Waals surface area contributed by atoms with Crippen LogP contribution < -0.4 is 4.90 Å². The van der Waals surface area contributed by atoms with Gasteiger partial charge in [0.1, 0.15) is 17.5 Å². The van der Waals surface area contributed by atoms with Gasteiger partial charge in [0.25, 0.3) is 5.91 Å². The van der Waals surface area contributed by atoms with Gasteiger partial charge in [-0.2, -0.15) is 15.0 Å². The highest BCUT2D eigenvalue weighted by atomic mass is 19.1. The van der Waals surface area contributed by atoms with E-state index in [0.29, 0.717) is 22.6 Å². The van der Waals surface area contributed by atoms with Crippen LogP contribution in [-0.2, 0) is 0 Å². The molecule has 2 unspecified atom stereocenters. The topological polar surface area (TPSA) is 61.9 Å². The Kier molecular flexibility index (Phi) is 4.52. The monoisotopic (exact) mass is 428 g/mol.